The normalized spacial score (nSPS) is 19.5. The lowest BCUT2D eigenvalue weighted by molar-refractivity contribution is -0.119. The number of halogens is 1. The number of aromatic amines is 1. The highest BCUT2D eigenvalue weighted by Crippen LogP contribution is 2.37. The maximum absolute atomic E-state index is 13.7. The van der Waals surface area contributed by atoms with Crippen molar-refractivity contribution in [3.05, 3.63) is 64.6 Å². The minimum absolute atomic E-state index is 0.160. The number of benzene rings is 2. The molecule has 3 aliphatic heterocycles. The van der Waals surface area contributed by atoms with Gasteiger partial charge in [0, 0.05) is 36.6 Å². The fraction of sp³-hybridized carbons (Fsp3) is 0.444. The first-order valence-corrected chi connectivity index (χ1v) is 12.1. The first-order valence-electron chi connectivity index (χ1n) is 12.1. The maximum Gasteiger partial charge on any atom is 0.227 e. The van der Waals surface area contributed by atoms with E-state index < -0.39 is 0 Å². The third-order valence-corrected chi connectivity index (χ3v) is 7.75. The van der Waals surface area contributed by atoms with Gasteiger partial charge in [-0.05, 0) is 98.0 Å². The molecule has 3 aromatic rings. The molecule has 1 saturated heterocycles. The van der Waals surface area contributed by atoms with Gasteiger partial charge in [-0.15, -0.1) is 0 Å². The molecule has 32 heavy (non-hydrogen) atoms. The van der Waals surface area contributed by atoms with Gasteiger partial charge in [0.25, 0.3) is 0 Å². The Bertz CT molecular complexity index is 1160. The van der Waals surface area contributed by atoms with E-state index in [0.717, 1.165) is 75.6 Å². The van der Waals surface area contributed by atoms with E-state index in [0.29, 0.717) is 18.2 Å². The Morgan fingerprint density at radius 3 is 2.66 bits per heavy atom. The summed E-state index contributed by atoms with van der Waals surface area (Å²) in [4.78, 5) is 20.2. The van der Waals surface area contributed by atoms with Gasteiger partial charge in [0.15, 0.2) is 0 Å². The number of aryl methyl sites for hydroxylation is 2. The summed E-state index contributed by atoms with van der Waals surface area (Å²) in [6, 6.07) is 9.75. The summed E-state index contributed by atoms with van der Waals surface area (Å²) >= 11 is 0. The zero-order chi connectivity index (χ0) is 21.7. The predicted octanol–water partition coefficient (Wildman–Crippen LogP) is 4.95. The average molecular weight is 432 g/mol. The lowest BCUT2D eigenvalue weighted by Crippen LogP contribution is -2.39. The molecular weight excluding hydrogens is 401 g/mol. The van der Waals surface area contributed by atoms with E-state index in [1.165, 1.54) is 34.0 Å². The average Bonchev–Trinajstić information content (AvgIpc) is 3.23. The highest BCUT2D eigenvalue weighted by atomic mass is 19.1. The molecule has 0 atom stereocenters. The van der Waals surface area contributed by atoms with Gasteiger partial charge in [-0.25, -0.2) is 4.39 Å². The molecule has 0 spiro atoms. The van der Waals surface area contributed by atoms with E-state index in [4.69, 9.17) is 0 Å². The minimum atomic E-state index is -0.160. The molecule has 6 rings (SSSR count). The number of fused-ring (bicyclic) bond motifs is 1. The first kappa shape index (κ1) is 20.0. The van der Waals surface area contributed by atoms with Crippen LogP contribution in [0.15, 0.2) is 36.5 Å². The molecule has 0 unspecified atom stereocenters. The van der Waals surface area contributed by atoms with Crippen molar-refractivity contribution >= 4 is 22.5 Å². The van der Waals surface area contributed by atoms with Crippen LogP contribution in [-0.4, -0.2) is 42.0 Å². The number of carbonyl (C=O) groups excluding carboxylic acids is 1. The SMILES string of the molecule is O=C1CCc2cc(CCN3CCC(c4c[nH]c5ccc(F)cc45)CC3)cc3c2N1CCC3. The fourth-order valence-electron chi connectivity index (χ4n) is 6.08. The summed E-state index contributed by atoms with van der Waals surface area (Å²) in [6.07, 6.45) is 9.10. The number of H-pyrrole nitrogens is 1. The molecule has 0 aliphatic carbocycles. The molecule has 166 valence electrons. The number of anilines is 1. The van der Waals surface area contributed by atoms with E-state index in [2.05, 4.69) is 28.2 Å². The highest BCUT2D eigenvalue weighted by molar-refractivity contribution is 5.97. The Hall–Kier alpha value is -2.66. The van der Waals surface area contributed by atoms with Gasteiger partial charge >= 0.3 is 0 Å². The van der Waals surface area contributed by atoms with Gasteiger partial charge in [-0.1, -0.05) is 12.1 Å². The van der Waals surface area contributed by atoms with Crippen molar-refractivity contribution in [3.8, 4) is 0 Å². The number of amides is 1. The van der Waals surface area contributed by atoms with Gasteiger partial charge < -0.3 is 14.8 Å². The molecule has 1 fully saturated rings. The number of nitrogens with zero attached hydrogens (tertiary/aromatic N) is 2. The first-order chi connectivity index (χ1) is 15.7. The van der Waals surface area contributed by atoms with Crippen LogP contribution in [0.3, 0.4) is 0 Å². The molecule has 0 radical (unpaired) electrons. The molecule has 1 N–H and O–H groups in total. The van der Waals surface area contributed by atoms with Crippen LogP contribution in [-0.2, 0) is 24.1 Å². The highest BCUT2D eigenvalue weighted by Gasteiger charge is 2.29. The van der Waals surface area contributed by atoms with Gasteiger partial charge in [-0.2, -0.15) is 0 Å². The molecular formula is C27H30FN3O. The van der Waals surface area contributed by atoms with Crippen LogP contribution in [0, 0.1) is 5.82 Å². The summed E-state index contributed by atoms with van der Waals surface area (Å²) < 4.78 is 13.7. The van der Waals surface area contributed by atoms with Crippen molar-refractivity contribution in [1.82, 2.24) is 9.88 Å². The Morgan fingerprint density at radius 1 is 1.00 bits per heavy atom. The summed E-state index contributed by atoms with van der Waals surface area (Å²) in [7, 11) is 0. The van der Waals surface area contributed by atoms with Gasteiger partial charge in [-0.3, -0.25) is 4.79 Å². The maximum atomic E-state index is 13.7. The van der Waals surface area contributed by atoms with E-state index >= 15 is 0 Å². The summed E-state index contributed by atoms with van der Waals surface area (Å²) in [6.45, 7) is 4.14. The molecule has 4 nitrogen and oxygen atoms in total. The van der Waals surface area contributed by atoms with E-state index in [-0.39, 0.29) is 5.82 Å². The Morgan fingerprint density at radius 2 is 1.81 bits per heavy atom. The van der Waals surface area contributed by atoms with Gasteiger partial charge in [0.05, 0.1) is 5.69 Å². The summed E-state index contributed by atoms with van der Waals surface area (Å²) in [5, 5.41) is 1.04. The number of rotatable bonds is 4. The molecule has 1 amide bonds. The molecule has 0 bridgehead atoms. The predicted molar refractivity (Wildman–Crippen MR) is 126 cm³/mol. The number of piperidine rings is 1. The van der Waals surface area contributed by atoms with Crippen molar-refractivity contribution in [2.45, 2.75) is 50.9 Å². The third-order valence-electron chi connectivity index (χ3n) is 7.75. The van der Waals surface area contributed by atoms with Crippen LogP contribution in [0.1, 0.15) is 53.9 Å². The second-order valence-electron chi connectivity index (χ2n) is 9.71. The lowest BCUT2D eigenvalue weighted by atomic mass is 9.88. The molecule has 1 aromatic heterocycles. The number of hydrogen-bond acceptors (Lipinski definition) is 2. The topological polar surface area (TPSA) is 39.3 Å². The number of hydrogen-bond donors (Lipinski definition) is 1. The standard InChI is InChI=1S/C27H30FN3O/c28-22-4-5-25-23(16-22)24(17-29-25)19-8-12-30(13-9-19)11-7-18-14-20-2-1-10-31-26(32)6-3-21(15-18)27(20)31/h4-5,14-17,19,29H,1-3,6-13H2. The molecule has 2 aromatic carbocycles. The van der Waals surface area contributed by atoms with Gasteiger partial charge in [0.1, 0.15) is 5.82 Å². The monoisotopic (exact) mass is 431 g/mol. The van der Waals surface area contributed by atoms with Crippen LogP contribution < -0.4 is 4.90 Å². The second-order valence-corrected chi connectivity index (χ2v) is 9.71. The van der Waals surface area contributed by atoms with E-state index in [9.17, 15) is 9.18 Å². The van der Waals surface area contributed by atoms with E-state index in [1.807, 2.05) is 11.0 Å². The smallest absolute Gasteiger partial charge is 0.227 e. The Kier molecular flexibility index (Phi) is 5.02. The van der Waals surface area contributed by atoms with Crippen LogP contribution in [0.5, 0.6) is 0 Å². The van der Waals surface area contributed by atoms with Crippen molar-refractivity contribution in [1.29, 1.82) is 0 Å². The zero-order valence-corrected chi connectivity index (χ0v) is 18.5. The van der Waals surface area contributed by atoms with Gasteiger partial charge in [0.2, 0.25) is 5.91 Å². The Balaban J connectivity index is 1.11. The minimum Gasteiger partial charge on any atom is -0.361 e. The van der Waals surface area contributed by atoms with Crippen LogP contribution in [0.2, 0.25) is 0 Å². The van der Waals surface area contributed by atoms with Crippen molar-refractivity contribution < 1.29 is 9.18 Å². The fourth-order valence-corrected chi connectivity index (χ4v) is 6.08. The molecule has 5 heteroatoms. The van der Waals surface area contributed by atoms with Crippen molar-refractivity contribution in [2.24, 2.45) is 0 Å². The Labute approximate surface area is 188 Å². The van der Waals surface area contributed by atoms with E-state index in [1.54, 1.807) is 6.07 Å². The molecule has 0 saturated carbocycles. The van der Waals surface area contributed by atoms with Crippen LogP contribution >= 0.6 is 0 Å². The van der Waals surface area contributed by atoms with Crippen molar-refractivity contribution in [3.63, 3.8) is 0 Å². The van der Waals surface area contributed by atoms with Crippen LogP contribution in [0.25, 0.3) is 10.9 Å². The molecule has 3 aliphatic rings. The van der Waals surface area contributed by atoms with Crippen molar-refractivity contribution in [2.75, 3.05) is 31.1 Å². The summed E-state index contributed by atoms with van der Waals surface area (Å²) in [5.74, 6) is 0.637. The second kappa shape index (κ2) is 8.04. The molecule has 4 heterocycles. The van der Waals surface area contributed by atoms with Crippen LogP contribution in [0.4, 0.5) is 10.1 Å². The number of aromatic nitrogens is 1. The lowest BCUT2D eigenvalue weighted by Gasteiger charge is -2.36. The number of carbonyl (C=O) groups is 1. The summed E-state index contributed by atoms with van der Waals surface area (Å²) in [5.41, 5.74) is 7.70. The zero-order valence-electron chi connectivity index (χ0n) is 18.5. The largest absolute Gasteiger partial charge is 0.361 e. The number of likely N-dealkylation sites (tertiary alicyclic amines) is 1. The quantitative estimate of drug-likeness (QED) is 0.635. The number of nitrogens with one attached hydrogen (secondary N) is 1. The third kappa shape index (κ3) is 3.53.